The largest absolute Gasteiger partial charge is 0.465 e. The summed E-state index contributed by atoms with van der Waals surface area (Å²) in [4.78, 5) is 31.1. The maximum atomic E-state index is 12.1. The molecule has 7 nitrogen and oxygen atoms in total. The monoisotopic (exact) mass is 414 g/mol. The van der Waals surface area contributed by atoms with E-state index in [1.807, 2.05) is 12.1 Å². The van der Waals surface area contributed by atoms with Crippen LogP contribution in [0.15, 0.2) is 35.8 Å². The van der Waals surface area contributed by atoms with E-state index in [4.69, 9.17) is 5.11 Å². The normalized spacial score (nSPS) is 18.6. The molecule has 0 saturated carbocycles. The van der Waals surface area contributed by atoms with Crippen LogP contribution in [0.1, 0.15) is 35.5 Å². The third kappa shape index (κ3) is 4.70. The summed E-state index contributed by atoms with van der Waals surface area (Å²) in [5.41, 5.74) is 1.95. The summed E-state index contributed by atoms with van der Waals surface area (Å²) in [6.45, 7) is 3.39. The Morgan fingerprint density at radius 1 is 1.00 bits per heavy atom. The Labute approximate surface area is 174 Å². The van der Waals surface area contributed by atoms with Crippen molar-refractivity contribution in [1.82, 2.24) is 9.88 Å². The van der Waals surface area contributed by atoms with Crippen LogP contribution in [-0.4, -0.2) is 53.2 Å². The molecule has 0 atom stereocenters. The van der Waals surface area contributed by atoms with E-state index in [0.717, 1.165) is 44.5 Å². The van der Waals surface area contributed by atoms with Crippen LogP contribution >= 0.6 is 11.3 Å². The van der Waals surface area contributed by atoms with Crippen molar-refractivity contribution in [1.29, 1.82) is 0 Å². The summed E-state index contributed by atoms with van der Waals surface area (Å²) in [5.74, 6) is 1.16. The van der Waals surface area contributed by atoms with Crippen molar-refractivity contribution in [3.05, 3.63) is 40.8 Å². The van der Waals surface area contributed by atoms with Crippen molar-refractivity contribution in [3.63, 3.8) is 0 Å². The molecular formula is C21H26N4O3S. The first kappa shape index (κ1) is 19.7. The van der Waals surface area contributed by atoms with Gasteiger partial charge in [-0.15, -0.1) is 11.3 Å². The van der Waals surface area contributed by atoms with Crippen LogP contribution < -0.4 is 10.2 Å². The molecule has 0 bridgehead atoms. The number of aromatic nitrogens is 1. The van der Waals surface area contributed by atoms with Gasteiger partial charge >= 0.3 is 6.09 Å². The molecule has 4 rings (SSSR count). The second-order valence-corrected chi connectivity index (χ2v) is 8.66. The minimum absolute atomic E-state index is 0.178. The lowest BCUT2D eigenvalue weighted by Gasteiger charge is -2.40. The molecular weight excluding hydrogens is 388 g/mol. The van der Waals surface area contributed by atoms with Crippen LogP contribution in [0.2, 0.25) is 0 Å². The van der Waals surface area contributed by atoms with Crippen LogP contribution in [0, 0.1) is 11.8 Å². The molecule has 0 spiro atoms. The fraction of sp³-hybridized carbons (Fsp3) is 0.476. The lowest BCUT2D eigenvalue weighted by Crippen LogP contribution is -2.42. The average Bonchev–Trinajstić information content (AvgIpc) is 3.30. The molecule has 29 heavy (non-hydrogen) atoms. The number of carbonyl (C=O) groups is 2. The molecule has 2 aliphatic heterocycles. The second-order valence-electron chi connectivity index (χ2n) is 7.77. The molecule has 2 fully saturated rings. The van der Waals surface area contributed by atoms with Crippen molar-refractivity contribution in [2.24, 2.45) is 11.8 Å². The molecule has 154 valence electrons. The first-order valence-electron chi connectivity index (χ1n) is 10.1. The molecule has 2 aliphatic rings. The molecule has 0 aliphatic carbocycles. The van der Waals surface area contributed by atoms with E-state index in [2.05, 4.69) is 27.3 Å². The van der Waals surface area contributed by atoms with E-state index >= 15 is 0 Å². The first-order chi connectivity index (χ1) is 14.1. The van der Waals surface area contributed by atoms with Crippen LogP contribution in [0.4, 0.5) is 16.2 Å². The van der Waals surface area contributed by atoms with E-state index in [1.54, 1.807) is 16.5 Å². The maximum absolute atomic E-state index is 12.1. The predicted molar refractivity (Wildman–Crippen MR) is 114 cm³/mol. The van der Waals surface area contributed by atoms with E-state index in [-0.39, 0.29) is 5.91 Å². The van der Waals surface area contributed by atoms with Crippen LogP contribution in [0.3, 0.4) is 0 Å². The highest BCUT2D eigenvalue weighted by atomic mass is 32.1. The number of nitrogens with one attached hydrogen (secondary N) is 1. The number of likely N-dealkylation sites (tertiary alicyclic amines) is 1. The van der Waals surface area contributed by atoms with Gasteiger partial charge in [0.2, 0.25) is 0 Å². The first-order valence-corrected chi connectivity index (χ1v) is 11.0. The highest BCUT2D eigenvalue weighted by Gasteiger charge is 2.30. The van der Waals surface area contributed by atoms with Crippen molar-refractivity contribution < 1.29 is 14.7 Å². The summed E-state index contributed by atoms with van der Waals surface area (Å²) in [6.07, 6.45) is 5.13. The van der Waals surface area contributed by atoms with Crippen molar-refractivity contribution in [2.75, 3.05) is 36.4 Å². The quantitative estimate of drug-likeness (QED) is 0.790. The Kier molecular flexibility index (Phi) is 5.99. The van der Waals surface area contributed by atoms with Gasteiger partial charge in [0.15, 0.2) is 5.01 Å². The van der Waals surface area contributed by atoms with E-state index in [0.29, 0.717) is 29.9 Å². The molecule has 1 aromatic carbocycles. The van der Waals surface area contributed by atoms with E-state index < -0.39 is 6.09 Å². The molecule has 2 N–H and O–H groups in total. The highest BCUT2D eigenvalue weighted by Crippen LogP contribution is 2.34. The number of thiazole rings is 1. The van der Waals surface area contributed by atoms with Gasteiger partial charge in [0.25, 0.3) is 5.91 Å². The minimum atomic E-state index is -0.787. The Bertz CT molecular complexity index is 824. The fourth-order valence-electron chi connectivity index (χ4n) is 4.47. The average molecular weight is 415 g/mol. The smallest absolute Gasteiger partial charge is 0.407 e. The Morgan fingerprint density at radius 3 is 2.17 bits per heavy atom. The number of hydrogen-bond acceptors (Lipinski definition) is 5. The van der Waals surface area contributed by atoms with Gasteiger partial charge in [0.05, 0.1) is 0 Å². The molecule has 2 aromatic rings. The maximum Gasteiger partial charge on any atom is 0.407 e. The molecule has 8 heteroatoms. The number of anilines is 2. The number of benzene rings is 1. The Hall–Kier alpha value is -2.61. The fourth-order valence-corrected chi connectivity index (χ4v) is 5.00. The van der Waals surface area contributed by atoms with Crippen LogP contribution in [0.25, 0.3) is 0 Å². The Balaban J connectivity index is 1.27. The lowest BCUT2D eigenvalue weighted by atomic mass is 9.79. The predicted octanol–water partition coefficient (Wildman–Crippen LogP) is 4.00. The number of rotatable bonds is 4. The third-order valence-electron chi connectivity index (χ3n) is 6.13. The van der Waals surface area contributed by atoms with Gasteiger partial charge in [-0.1, -0.05) is 0 Å². The standard InChI is InChI=1S/C21H26N4O3S/c26-19(20-22-9-14-29-20)23-17-1-3-18(4-2-17)24-10-5-15(6-11-24)16-7-12-25(13-8-16)21(27)28/h1-4,9,14-16H,5-8,10-13H2,(H,23,26)(H,27,28). The summed E-state index contributed by atoms with van der Waals surface area (Å²) >= 11 is 1.33. The second kappa shape index (κ2) is 8.82. The molecule has 2 saturated heterocycles. The zero-order chi connectivity index (χ0) is 20.2. The highest BCUT2D eigenvalue weighted by molar-refractivity contribution is 7.11. The lowest BCUT2D eigenvalue weighted by molar-refractivity contribution is 0.102. The van der Waals surface area contributed by atoms with E-state index in [1.165, 1.54) is 17.0 Å². The van der Waals surface area contributed by atoms with Crippen molar-refractivity contribution >= 4 is 34.7 Å². The van der Waals surface area contributed by atoms with Gasteiger partial charge in [-0.05, 0) is 61.8 Å². The number of amides is 2. The van der Waals surface area contributed by atoms with Gasteiger partial charge in [0.1, 0.15) is 0 Å². The summed E-state index contributed by atoms with van der Waals surface area (Å²) < 4.78 is 0. The number of piperidine rings is 2. The number of nitrogens with zero attached hydrogens (tertiary/aromatic N) is 3. The number of carboxylic acid groups (broad SMARTS) is 1. The van der Waals surface area contributed by atoms with Gasteiger partial charge in [0, 0.05) is 49.1 Å². The third-order valence-corrected chi connectivity index (χ3v) is 6.91. The zero-order valence-electron chi connectivity index (χ0n) is 16.3. The minimum Gasteiger partial charge on any atom is -0.465 e. The Morgan fingerprint density at radius 2 is 1.62 bits per heavy atom. The van der Waals surface area contributed by atoms with Gasteiger partial charge < -0.3 is 20.2 Å². The molecule has 3 heterocycles. The summed E-state index contributed by atoms with van der Waals surface area (Å²) in [6, 6.07) is 8.00. The number of hydrogen-bond donors (Lipinski definition) is 2. The number of carbonyl (C=O) groups excluding carboxylic acids is 1. The summed E-state index contributed by atoms with van der Waals surface area (Å²) in [5, 5.41) is 14.2. The molecule has 0 radical (unpaired) electrons. The molecule has 1 aromatic heterocycles. The molecule has 2 amide bonds. The van der Waals surface area contributed by atoms with Gasteiger partial charge in [-0.2, -0.15) is 0 Å². The van der Waals surface area contributed by atoms with Crippen LogP contribution in [0.5, 0.6) is 0 Å². The van der Waals surface area contributed by atoms with Crippen molar-refractivity contribution in [2.45, 2.75) is 25.7 Å². The SMILES string of the molecule is O=C(Nc1ccc(N2CCC(C3CCN(C(=O)O)CC3)CC2)cc1)c1nccs1. The van der Waals surface area contributed by atoms with Gasteiger partial charge in [-0.3, -0.25) is 4.79 Å². The van der Waals surface area contributed by atoms with Gasteiger partial charge in [-0.25, -0.2) is 9.78 Å². The topological polar surface area (TPSA) is 85.8 Å². The van der Waals surface area contributed by atoms with Crippen LogP contribution in [-0.2, 0) is 0 Å². The van der Waals surface area contributed by atoms with E-state index in [9.17, 15) is 9.59 Å². The zero-order valence-corrected chi connectivity index (χ0v) is 17.1. The van der Waals surface area contributed by atoms with Crippen molar-refractivity contribution in [3.8, 4) is 0 Å². The molecule has 0 unspecified atom stereocenters. The summed E-state index contributed by atoms with van der Waals surface area (Å²) in [7, 11) is 0.